The largest absolute Gasteiger partial charge is 0.451 e. The fraction of sp³-hybridized carbons (Fsp3) is 0.235. The van der Waals surface area contributed by atoms with Gasteiger partial charge in [-0.25, -0.2) is 4.98 Å². The monoisotopic (exact) mass is 386 g/mol. The van der Waals surface area contributed by atoms with Crippen LogP contribution in [0.2, 0.25) is 0 Å². The molecule has 0 spiro atoms. The SMILES string of the molecule is FC(F)(F)c1nnc2n1CCN(c1nccn3c(-c4ccccc4)nnc13)C2. The lowest BCUT2D eigenvalue weighted by Crippen LogP contribution is -2.36. The summed E-state index contributed by atoms with van der Waals surface area (Å²) in [5.74, 6) is 0.478. The molecule has 1 aromatic carbocycles. The van der Waals surface area contributed by atoms with Crippen LogP contribution in [0.25, 0.3) is 17.0 Å². The molecule has 0 N–H and O–H groups in total. The summed E-state index contributed by atoms with van der Waals surface area (Å²) in [5.41, 5.74) is 1.44. The lowest BCUT2D eigenvalue weighted by atomic mass is 10.2. The Hall–Kier alpha value is -3.50. The van der Waals surface area contributed by atoms with Gasteiger partial charge < -0.3 is 9.47 Å². The molecule has 1 aliphatic heterocycles. The van der Waals surface area contributed by atoms with Gasteiger partial charge in [-0.05, 0) is 0 Å². The van der Waals surface area contributed by atoms with E-state index >= 15 is 0 Å². The molecule has 4 heterocycles. The molecule has 1 aliphatic rings. The van der Waals surface area contributed by atoms with Crippen molar-refractivity contribution in [3.05, 3.63) is 54.4 Å². The van der Waals surface area contributed by atoms with Gasteiger partial charge in [-0.3, -0.25) is 4.40 Å². The van der Waals surface area contributed by atoms with Gasteiger partial charge >= 0.3 is 6.18 Å². The highest BCUT2D eigenvalue weighted by atomic mass is 19.4. The van der Waals surface area contributed by atoms with Crippen LogP contribution in [0.4, 0.5) is 19.0 Å². The Balaban J connectivity index is 1.53. The van der Waals surface area contributed by atoms with E-state index in [4.69, 9.17) is 0 Å². The molecule has 8 nitrogen and oxygen atoms in total. The maximum atomic E-state index is 13.0. The van der Waals surface area contributed by atoms with Crippen molar-refractivity contribution in [2.75, 3.05) is 11.4 Å². The van der Waals surface area contributed by atoms with Gasteiger partial charge in [0.2, 0.25) is 11.5 Å². The van der Waals surface area contributed by atoms with Crippen LogP contribution < -0.4 is 4.90 Å². The maximum absolute atomic E-state index is 13.0. The Morgan fingerprint density at radius 3 is 2.54 bits per heavy atom. The molecular formula is C17H13F3N8. The number of halogens is 3. The molecule has 142 valence electrons. The van der Waals surface area contributed by atoms with E-state index in [1.165, 1.54) is 0 Å². The molecule has 0 fully saturated rings. The molecule has 5 rings (SSSR count). The van der Waals surface area contributed by atoms with E-state index in [2.05, 4.69) is 25.4 Å². The van der Waals surface area contributed by atoms with Crippen LogP contribution in [0.1, 0.15) is 11.6 Å². The molecule has 3 aromatic heterocycles. The van der Waals surface area contributed by atoms with Gasteiger partial charge in [0.1, 0.15) is 0 Å². The minimum absolute atomic E-state index is 0.111. The van der Waals surface area contributed by atoms with Crippen molar-refractivity contribution in [2.24, 2.45) is 0 Å². The highest BCUT2D eigenvalue weighted by Crippen LogP contribution is 2.31. The lowest BCUT2D eigenvalue weighted by Gasteiger charge is -2.28. The summed E-state index contributed by atoms with van der Waals surface area (Å²) in [7, 11) is 0. The van der Waals surface area contributed by atoms with E-state index in [1.807, 2.05) is 39.6 Å². The first-order valence-corrected chi connectivity index (χ1v) is 8.52. The standard InChI is InChI=1S/C17H13F3N8/c18-17(19,20)16-25-22-12-10-26(8-9-27(12)16)14-15-24-23-13(28(15)7-6-21-14)11-4-2-1-3-5-11/h1-7H,8-10H2. The zero-order chi connectivity index (χ0) is 19.3. The first-order valence-electron chi connectivity index (χ1n) is 8.52. The summed E-state index contributed by atoms with van der Waals surface area (Å²) in [6, 6.07) is 9.60. The van der Waals surface area contributed by atoms with E-state index in [-0.39, 0.29) is 18.9 Å². The Morgan fingerprint density at radius 2 is 1.75 bits per heavy atom. The van der Waals surface area contributed by atoms with Crippen molar-refractivity contribution in [1.29, 1.82) is 0 Å². The Kier molecular flexibility index (Phi) is 3.57. The second-order valence-electron chi connectivity index (χ2n) is 6.34. The summed E-state index contributed by atoms with van der Waals surface area (Å²) in [6.45, 7) is 0.594. The zero-order valence-electron chi connectivity index (χ0n) is 14.4. The van der Waals surface area contributed by atoms with Crippen molar-refractivity contribution < 1.29 is 13.2 Å². The molecule has 0 saturated carbocycles. The second-order valence-corrected chi connectivity index (χ2v) is 6.34. The van der Waals surface area contributed by atoms with E-state index < -0.39 is 12.0 Å². The number of fused-ring (bicyclic) bond motifs is 2. The number of nitrogens with zero attached hydrogens (tertiary/aromatic N) is 8. The normalized spacial score (nSPS) is 14.5. The average Bonchev–Trinajstić information content (AvgIpc) is 3.32. The highest BCUT2D eigenvalue weighted by Gasteiger charge is 2.39. The number of hydrogen-bond donors (Lipinski definition) is 0. The first-order chi connectivity index (χ1) is 13.5. The Morgan fingerprint density at radius 1 is 0.929 bits per heavy atom. The smallest absolute Gasteiger partial charge is 0.344 e. The number of alkyl halides is 3. The quantitative estimate of drug-likeness (QED) is 0.527. The molecule has 0 aliphatic carbocycles. The predicted molar refractivity (Wildman–Crippen MR) is 92.3 cm³/mol. The van der Waals surface area contributed by atoms with Gasteiger partial charge in [-0.15, -0.1) is 20.4 Å². The Labute approximate surface area is 156 Å². The van der Waals surface area contributed by atoms with Crippen LogP contribution in [-0.4, -0.2) is 40.9 Å². The average molecular weight is 386 g/mol. The number of aromatic nitrogens is 7. The van der Waals surface area contributed by atoms with Gasteiger partial charge in [0, 0.05) is 31.0 Å². The number of hydrogen-bond acceptors (Lipinski definition) is 6. The molecule has 0 bridgehead atoms. The molecular weight excluding hydrogens is 373 g/mol. The van der Waals surface area contributed by atoms with Crippen LogP contribution >= 0.6 is 0 Å². The molecule has 4 aromatic rings. The van der Waals surface area contributed by atoms with Crippen LogP contribution in [0.15, 0.2) is 42.7 Å². The van der Waals surface area contributed by atoms with E-state index in [1.54, 1.807) is 12.4 Å². The third-order valence-corrected chi connectivity index (χ3v) is 4.65. The fourth-order valence-corrected chi connectivity index (χ4v) is 3.37. The van der Waals surface area contributed by atoms with Gasteiger partial charge in [0.25, 0.3) is 0 Å². The lowest BCUT2D eigenvalue weighted by molar-refractivity contribution is -0.147. The van der Waals surface area contributed by atoms with Crippen LogP contribution in [0.5, 0.6) is 0 Å². The van der Waals surface area contributed by atoms with Crippen molar-refractivity contribution in [2.45, 2.75) is 19.3 Å². The van der Waals surface area contributed by atoms with Gasteiger partial charge in [-0.1, -0.05) is 30.3 Å². The van der Waals surface area contributed by atoms with Crippen LogP contribution in [-0.2, 0) is 19.3 Å². The first kappa shape index (κ1) is 16.7. The second kappa shape index (κ2) is 6.01. The highest BCUT2D eigenvalue weighted by molar-refractivity contribution is 5.68. The molecule has 0 saturated heterocycles. The van der Waals surface area contributed by atoms with Crippen molar-refractivity contribution in [3.63, 3.8) is 0 Å². The van der Waals surface area contributed by atoms with Crippen molar-refractivity contribution in [1.82, 2.24) is 34.3 Å². The minimum Gasteiger partial charge on any atom is -0.344 e. The van der Waals surface area contributed by atoms with E-state index in [9.17, 15) is 13.2 Å². The fourth-order valence-electron chi connectivity index (χ4n) is 3.37. The van der Waals surface area contributed by atoms with E-state index in [0.29, 0.717) is 23.8 Å². The molecule has 0 amide bonds. The van der Waals surface area contributed by atoms with Crippen molar-refractivity contribution in [3.8, 4) is 11.4 Å². The summed E-state index contributed by atoms with van der Waals surface area (Å²) in [4.78, 5) is 6.23. The Bertz CT molecular complexity index is 1150. The zero-order valence-corrected chi connectivity index (χ0v) is 14.4. The summed E-state index contributed by atoms with van der Waals surface area (Å²) in [5, 5.41) is 15.5. The van der Waals surface area contributed by atoms with E-state index in [0.717, 1.165) is 10.1 Å². The molecule has 0 atom stereocenters. The maximum Gasteiger partial charge on any atom is 0.451 e. The molecule has 28 heavy (non-hydrogen) atoms. The van der Waals surface area contributed by atoms with Crippen LogP contribution in [0.3, 0.4) is 0 Å². The summed E-state index contributed by atoms with van der Waals surface area (Å²) < 4.78 is 42.0. The third kappa shape index (κ3) is 2.58. The third-order valence-electron chi connectivity index (χ3n) is 4.65. The predicted octanol–water partition coefficient (Wildman–Crippen LogP) is 2.42. The summed E-state index contributed by atoms with van der Waals surface area (Å²) >= 11 is 0. The van der Waals surface area contributed by atoms with Gasteiger partial charge in [0.15, 0.2) is 17.5 Å². The molecule has 11 heteroatoms. The molecule has 0 radical (unpaired) electrons. The number of rotatable bonds is 2. The topological polar surface area (TPSA) is 77.0 Å². The summed E-state index contributed by atoms with van der Waals surface area (Å²) in [6.07, 6.45) is -1.14. The number of benzene rings is 1. The number of anilines is 1. The van der Waals surface area contributed by atoms with Gasteiger partial charge in [0.05, 0.1) is 6.54 Å². The van der Waals surface area contributed by atoms with Crippen LogP contribution in [0, 0.1) is 0 Å². The van der Waals surface area contributed by atoms with Gasteiger partial charge in [-0.2, -0.15) is 13.2 Å². The minimum atomic E-state index is -4.52. The molecule has 0 unspecified atom stereocenters. The van der Waals surface area contributed by atoms with Crippen molar-refractivity contribution >= 4 is 11.5 Å².